The fraction of sp³-hybridized carbons (Fsp3) is 0.917. The van der Waals surface area contributed by atoms with Gasteiger partial charge in [-0.15, -0.1) is 0 Å². The molecular formula is C12H22N2O4. The van der Waals surface area contributed by atoms with Crippen LogP contribution in [-0.2, 0) is 4.79 Å². The highest BCUT2D eigenvalue weighted by molar-refractivity contribution is 5.81. The van der Waals surface area contributed by atoms with Crippen LogP contribution in [0.25, 0.3) is 0 Å². The minimum atomic E-state index is -1.35. The van der Waals surface area contributed by atoms with Crippen LogP contribution < -0.4 is 11.1 Å². The molecule has 0 saturated heterocycles. The van der Waals surface area contributed by atoms with Gasteiger partial charge in [-0.3, -0.25) is 4.79 Å². The van der Waals surface area contributed by atoms with Crippen LogP contribution >= 0.6 is 0 Å². The van der Waals surface area contributed by atoms with Crippen LogP contribution in [0.1, 0.15) is 19.3 Å². The number of fused-ring (bicyclic) bond motifs is 2. The van der Waals surface area contributed by atoms with E-state index in [1.165, 1.54) is 0 Å². The maximum atomic E-state index is 12.2. The molecule has 18 heavy (non-hydrogen) atoms. The highest BCUT2D eigenvalue weighted by Crippen LogP contribution is 2.47. The Kier molecular flexibility index (Phi) is 3.91. The lowest BCUT2D eigenvalue weighted by Gasteiger charge is -2.33. The molecule has 0 spiro atoms. The van der Waals surface area contributed by atoms with Crippen LogP contribution in [-0.4, -0.2) is 52.6 Å². The Morgan fingerprint density at radius 3 is 2.17 bits per heavy atom. The van der Waals surface area contributed by atoms with E-state index in [-0.39, 0.29) is 17.9 Å². The summed E-state index contributed by atoms with van der Waals surface area (Å²) in [5.41, 5.74) is 4.71. The Morgan fingerprint density at radius 2 is 1.72 bits per heavy atom. The summed E-state index contributed by atoms with van der Waals surface area (Å²) in [5.74, 6) is 0.205. The minimum absolute atomic E-state index is 0.141. The quantitative estimate of drug-likeness (QED) is 0.399. The molecular weight excluding hydrogens is 236 g/mol. The predicted octanol–water partition coefficient (Wildman–Crippen LogP) is -1.81. The van der Waals surface area contributed by atoms with E-state index in [1.807, 2.05) is 0 Å². The summed E-state index contributed by atoms with van der Waals surface area (Å²) in [6, 6.07) is -0.141. The molecule has 0 radical (unpaired) electrons. The number of hydrogen-bond acceptors (Lipinski definition) is 5. The van der Waals surface area contributed by atoms with Crippen molar-refractivity contribution >= 4 is 5.91 Å². The van der Waals surface area contributed by atoms with Gasteiger partial charge in [0.05, 0.1) is 25.7 Å². The summed E-state index contributed by atoms with van der Waals surface area (Å²) in [5, 5.41) is 30.2. The van der Waals surface area contributed by atoms with Gasteiger partial charge in [0, 0.05) is 6.04 Å². The Morgan fingerprint density at radius 1 is 1.17 bits per heavy atom. The fourth-order valence-corrected chi connectivity index (χ4v) is 3.34. The summed E-state index contributed by atoms with van der Waals surface area (Å²) in [7, 11) is 0. The van der Waals surface area contributed by atoms with Crippen molar-refractivity contribution in [1.82, 2.24) is 5.32 Å². The third-order valence-corrected chi connectivity index (χ3v) is 4.58. The van der Waals surface area contributed by atoms with E-state index < -0.39 is 25.4 Å². The van der Waals surface area contributed by atoms with Crippen molar-refractivity contribution in [1.29, 1.82) is 0 Å². The highest BCUT2D eigenvalue weighted by Gasteiger charge is 2.50. The van der Waals surface area contributed by atoms with E-state index in [0.717, 1.165) is 19.3 Å². The second kappa shape index (κ2) is 5.13. The lowest BCUT2D eigenvalue weighted by atomic mass is 9.83. The Balaban J connectivity index is 2.04. The number of nitrogens with one attached hydrogen (secondary N) is 1. The molecule has 2 rings (SSSR count). The molecule has 0 heterocycles. The summed E-state index contributed by atoms with van der Waals surface area (Å²) in [6.07, 6.45) is 3.09. The average molecular weight is 258 g/mol. The van der Waals surface area contributed by atoms with Gasteiger partial charge in [-0.1, -0.05) is 0 Å². The summed E-state index contributed by atoms with van der Waals surface area (Å²) in [6.45, 7) is -1.49. The van der Waals surface area contributed by atoms with Gasteiger partial charge in [0.2, 0.25) is 5.91 Å². The molecule has 0 aromatic carbocycles. The van der Waals surface area contributed by atoms with Crippen molar-refractivity contribution in [2.75, 3.05) is 19.8 Å². The maximum absolute atomic E-state index is 12.2. The van der Waals surface area contributed by atoms with Crippen molar-refractivity contribution in [3.63, 3.8) is 0 Å². The second-order valence-electron chi connectivity index (χ2n) is 5.68. The summed E-state index contributed by atoms with van der Waals surface area (Å²) >= 11 is 0. The molecule has 2 bridgehead atoms. The van der Waals surface area contributed by atoms with Gasteiger partial charge in [-0.05, 0) is 31.1 Å². The van der Waals surface area contributed by atoms with E-state index in [0.29, 0.717) is 11.8 Å². The Bertz CT molecular complexity index is 309. The molecule has 4 atom stereocenters. The smallest absolute Gasteiger partial charge is 0.225 e. The number of carbonyl (C=O) groups is 1. The van der Waals surface area contributed by atoms with E-state index in [2.05, 4.69) is 5.32 Å². The largest absolute Gasteiger partial charge is 0.394 e. The van der Waals surface area contributed by atoms with E-state index in [9.17, 15) is 20.1 Å². The molecule has 104 valence electrons. The van der Waals surface area contributed by atoms with Crippen LogP contribution in [0, 0.1) is 17.8 Å². The van der Waals surface area contributed by atoms with Crippen LogP contribution in [0.2, 0.25) is 0 Å². The molecule has 2 saturated carbocycles. The number of aliphatic hydroxyl groups excluding tert-OH is 3. The van der Waals surface area contributed by atoms with Gasteiger partial charge in [-0.25, -0.2) is 0 Å². The van der Waals surface area contributed by atoms with Gasteiger partial charge in [0.25, 0.3) is 0 Å². The SMILES string of the molecule is NC1C2CCC(C2)C1C(=O)NC(CO)(CO)CO. The third-order valence-electron chi connectivity index (χ3n) is 4.58. The monoisotopic (exact) mass is 258 g/mol. The zero-order chi connectivity index (χ0) is 13.3. The lowest BCUT2D eigenvalue weighted by molar-refractivity contribution is -0.131. The number of carbonyl (C=O) groups excluding carboxylic acids is 1. The average Bonchev–Trinajstić information content (AvgIpc) is 2.96. The van der Waals surface area contributed by atoms with Crippen molar-refractivity contribution in [3.8, 4) is 0 Å². The Labute approximate surface area is 106 Å². The van der Waals surface area contributed by atoms with Crippen LogP contribution in [0.5, 0.6) is 0 Å². The summed E-state index contributed by atoms with van der Waals surface area (Å²) in [4.78, 5) is 12.2. The zero-order valence-electron chi connectivity index (χ0n) is 10.4. The topological polar surface area (TPSA) is 116 Å². The van der Waals surface area contributed by atoms with Crippen molar-refractivity contribution in [2.45, 2.75) is 30.8 Å². The minimum Gasteiger partial charge on any atom is -0.394 e. The number of amides is 1. The maximum Gasteiger partial charge on any atom is 0.225 e. The van der Waals surface area contributed by atoms with Gasteiger partial charge in [-0.2, -0.15) is 0 Å². The van der Waals surface area contributed by atoms with Gasteiger partial charge in [0.1, 0.15) is 5.54 Å². The number of nitrogens with two attached hydrogens (primary N) is 1. The van der Waals surface area contributed by atoms with Crippen LogP contribution in [0.15, 0.2) is 0 Å². The molecule has 0 aromatic heterocycles. The van der Waals surface area contributed by atoms with Gasteiger partial charge in [0.15, 0.2) is 0 Å². The first-order valence-corrected chi connectivity index (χ1v) is 6.47. The van der Waals surface area contributed by atoms with E-state index in [1.54, 1.807) is 0 Å². The molecule has 0 aliphatic heterocycles. The molecule has 1 amide bonds. The summed E-state index contributed by atoms with van der Waals surface area (Å²) < 4.78 is 0. The first-order chi connectivity index (χ1) is 8.56. The van der Waals surface area contributed by atoms with Crippen molar-refractivity contribution in [2.24, 2.45) is 23.5 Å². The normalized spacial score (nSPS) is 34.9. The molecule has 2 aliphatic carbocycles. The predicted molar refractivity (Wildman–Crippen MR) is 64.4 cm³/mol. The Hall–Kier alpha value is -0.690. The number of rotatable bonds is 5. The lowest BCUT2D eigenvalue weighted by Crippen LogP contribution is -2.60. The molecule has 6 N–H and O–H groups in total. The van der Waals surface area contributed by atoms with Gasteiger partial charge >= 0.3 is 0 Å². The van der Waals surface area contributed by atoms with Crippen molar-refractivity contribution in [3.05, 3.63) is 0 Å². The first-order valence-electron chi connectivity index (χ1n) is 6.47. The van der Waals surface area contributed by atoms with E-state index in [4.69, 9.17) is 5.73 Å². The standard InChI is InChI=1S/C12H22N2O4/c13-10-8-2-1-7(3-8)9(10)11(18)14-12(4-15,5-16)6-17/h7-10,15-17H,1-6,13H2,(H,14,18). The molecule has 2 aliphatic rings. The van der Waals surface area contributed by atoms with Gasteiger partial charge < -0.3 is 26.4 Å². The van der Waals surface area contributed by atoms with E-state index >= 15 is 0 Å². The third kappa shape index (κ3) is 2.14. The highest BCUT2D eigenvalue weighted by atomic mass is 16.3. The number of hydrogen-bond donors (Lipinski definition) is 5. The molecule has 6 nitrogen and oxygen atoms in total. The molecule has 0 aromatic rings. The molecule has 4 unspecified atom stereocenters. The molecule has 2 fully saturated rings. The molecule has 6 heteroatoms. The second-order valence-corrected chi connectivity index (χ2v) is 5.68. The fourth-order valence-electron chi connectivity index (χ4n) is 3.34. The van der Waals surface area contributed by atoms with Crippen LogP contribution in [0.4, 0.5) is 0 Å². The zero-order valence-corrected chi connectivity index (χ0v) is 10.4. The first kappa shape index (κ1) is 13.7. The number of aliphatic hydroxyl groups is 3. The van der Waals surface area contributed by atoms with Crippen molar-refractivity contribution < 1.29 is 20.1 Å². The van der Waals surface area contributed by atoms with Crippen LogP contribution in [0.3, 0.4) is 0 Å².